The Hall–Kier alpha value is -3.31. The number of hydrazone groups is 1. The highest BCUT2D eigenvalue weighted by Gasteiger charge is 2.35. The smallest absolute Gasteiger partial charge is 0.253 e. The van der Waals surface area contributed by atoms with Crippen molar-refractivity contribution >= 4 is 23.4 Å². The highest BCUT2D eigenvalue weighted by molar-refractivity contribution is 8.00. The molecule has 4 heterocycles. The fourth-order valence-electron chi connectivity index (χ4n) is 3.38. The van der Waals surface area contributed by atoms with E-state index in [0.29, 0.717) is 34.2 Å². The molecule has 1 unspecified atom stereocenters. The minimum absolute atomic E-state index is 0.107. The molecule has 0 saturated heterocycles. The molecule has 3 aromatic rings. The minimum Gasteiger partial charge on any atom is -0.467 e. The fraction of sp³-hybridized carbons (Fsp3) is 0.273. The van der Waals surface area contributed by atoms with Crippen molar-refractivity contribution in [2.75, 3.05) is 5.75 Å². The second kappa shape index (κ2) is 8.20. The molecule has 4 rings (SSSR count). The number of nitriles is 1. The van der Waals surface area contributed by atoms with Crippen molar-refractivity contribution in [2.45, 2.75) is 38.3 Å². The molecule has 30 heavy (non-hydrogen) atoms. The van der Waals surface area contributed by atoms with Crippen molar-refractivity contribution in [3.05, 3.63) is 70.7 Å². The summed E-state index contributed by atoms with van der Waals surface area (Å²) in [5, 5.41) is 16.1. The van der Waals surface area contributed by atoms with Crippen molar-refractivity contribution < 1.29 is 13.6 Å². The molecule has 3 aromatic heterocycles. The number of aromatic nitrogens is 1. The molecule has 8 heteroatoms. The van der Waals surface area contributed by atoms with Crippen LogP contribution < -0.4 is 0 Å². The van der Waals surface area contributed by atoms with Gasteiger partial charge in [-0.25, -0.2) is 9.99 Å². The van der Waals surface area contributed by atoms with Gasteiger partial charge in [-0.15, -0.1) is 0 Å². The maximum Gasteiger partial charge on any atom is 0.253 e. The fourth-order valence-corrected chi connectivity index (χ4v) is 4.32. The zero-order chi connectivity index (χ0) is 21.3. The largest absolute Gasteiger partial charge is 0.467 e. The molecular weight excluding hydrogens is 400 g/mol. The third-order valence-electron chi connectivity index (χ3n) is 5.25. The molecule has 152 valence electrons. The van der Waals surface area contributed by atoms with Gasteiger partial charge < -0.3 is 8.83 Å². The molecule has 1 atom stereocenters. The topological polar surface area (TPSA) is 95.6 Å². The lowest BCUT2D eigenvalue weighted by atomic mass is 10.1. The summed E-state index contributed by atoms with van der Waals surface area (Å²) in [4.78, 5) is 17.6. The summed E-state index contributed by atoms with van der Waals surface area (Å²) in [6.45, 7) is 5.76. The van der Waals surface area contributed by atoms with Gasteiger partial charge in [-0.05, 0) is 56.2 Å². The van der Waals surface area contributed by atoms with E-state index >= 15 is 0 Å². The Morgan fingerprint density at radius 2 is 2.00 bits per heavy atom. The van der Waals surface area contributed by atoms with Gasteiger partial charge in [0.25, 0.3) is 5.91 Å². The normalized spacial score (nSPS) is 15.9. The van der Waals surface area contributed by atoms with Crippen LogP contribution in [0.4, 0.5) is 0 Å². The number of aryl methyl sites for hydroxylation is 1. The van der Waals surface area contributed by atoms with Crippen molar-refractivity contribution in [3.63, 3.8) is 0 Å². The lowest BCUT2D eigenvalue weighted by Gasteiger charge is -2.20. The Morgan fingerprint density at radius 1 is 1.23 bits per heavy atom. The predicted octanol–water partition coefficient (Wildman–Crippen LogP) is 4.53. The summed E-state index contributed by atoms with van der Waals surface area (Å²) in [7, 11) is 0. The summed E-state index contributed by atoms with van der Waals surface area (Å²) in [5.74, 6) is 1.21. The van der Waals surface area contributed by atoms with Crippen LogP contribution in [0.15, 0.2) is 55.8 Å². The summed E-state index contributed by atoms with van der Waals surface area (Å²) in [6.07, 6.45) is 3.66. The van der Waals surface area contributed by atoms with Crippen LogP contribution in [0.3, 0.4) is 0 Å². The molecule has 1 amide bonds. The first-order valence-electron chi connectivity index (χ1n) is 9.47. The highest BCUT2D eigenvalue weighted by Crippen LogP contribution is 2.34. The molecule has 1 aliphatic heterocycles. The number of carbonyl (C=O) groups is 1. The monoisotopic (exact) mass is 420 g/mol. The number of amides is 1. The number of thioether (sulfide) groups is 1. The number of nitrogens with zero attached hydrogens (tertiary/aromatic N) is 4. The zero-order valence-electron chi connectivity index (χ0n) is 16.9. The van der Waals surface area contributed by atoms with E-state index in [1.54, 1.807) is 24.7 Å². The Kier molecular flexibility index (Phi) is 5.46. The summed E-state index contributed by atoms with van der Waals surface area (Å²) < 4.78 is 11.0. The first-order chi connectivity index (χ1) is 14.5. The van der Waals surface area contributed by atoms with Gasteiger partial charge in [0.15, 0.2) is 0 Å². The van der Waals surface area contributed by atoms with Crippen LogP contribution >= 0.6 is 11.8 Å². The minimum atomic E-state index is -0.335. The lowest BCUT2D eigenvalue weighted by Crippen LogP contribution is -2.28. The van der Waals surface area contributed by atoms with Crippen molar-refractivity contribution in [1.82, 2.24) is 9.99 Å². The zero-order valence-corrected chi connectivity index (χ0v) is 17.7. The Labute approximate surface area is 178 Å². The molecule has 1 aliphatic rings. The van der Waals surface area contributed by atoms with Crippen LogP contribution in [0, 0.1) is 32.1 Å². The second-order valence-corrected chi connectivity index (χ2v) is 7.99. The Morgan fingerprint density at radius 3 is 2.67 bits per heavy atom. The van der Waals surface area contributed by atoms with E-state index in [4.69, 9.17) is 8.83 Å². The molecule has 0 aliphatic carbocycles. The van der Waals surface area contributed by atoms with Gasteiger partial charge in [0.2, 0.25) is 0 Å². The van der Waals surface area contributed by atoms with Gasteiger partial charge in [0.05, 0.1) is 23.8 Å². The van der Waals surface area contributed by atoms with E-state index in [2.05, 4.69) is 16.2 Å². The molecular formula is C22H20N4O3S. The van der Waals surface area contributed by atoms with Gasteiger partial charge in [0, 0.05) is 12.1 Å². The summed E-state index contributed by atoms with van der Waals surface area (Å²) in [5.41, 5.74) is 3.95. The number of furan rings is 2. The molecule has 0 saturated carbocycles. The number of hydrogen-bond donors (Lipinski definition) is 0. The van der Waals surface area contributed by atoms with E-state index in [-0.39, 0.29) is 17.7 Å². The average Bonchev–Trinajstić information content (AvgIpc) is 3.50. The van der Waals surface area contributed by atoms with E-state index < -0.39 is 0 Å². The molecule has 7 nitrogen and oxygen atoms in total. The number of hydrogen-bond acceptors (Lipinski definition) is 7. The SMILES string of the molecule is Cc1nc(SCC(=O)N2N=C(c3ccco3)CC2c2ccco2)c(C#N)c(C)c1C. The van der Waals surface area contributed by atoms with Gasteiger partial charge in [-0.2, -0.15) is 10.4 Å². The van der Waals surface area contributed by atoms with Gasteiger partial charge in [-0.1, -0.05) is 11.8 Å². The summed E-state index contributed by atoms with van der Waals surface area (Å²) in [6, 6.07) is 9.12. The predicted molar refractivity (Wildman–Crippen MR) is 112 cm³/mol. The van der Waals surface area contributed by atoms with Crippen LogP contribution in [0.5, 0.6) is 0 Å². The van der Waals surface area contributed by atoms with Gasteiger partial charge in [-0.3, -0.25) is 4.79 Å². The maximum atomic E-state index is 13.1. The van der Waals surface area contributed by atoms with Crippen LogP contribution in [-0.4, -0.2) is 27.4 Å². The van der Waals surface area contributed by atoms with Gasteiger partial charge in [0.1, 0.15) is 34.4 Å². The van der Waals surface area contributed by atoms with Crippen molar-refractivity contribution in [2.24, 2.45) is 5.10 Å². The molecule has 0 radical (unpaired) electrons. The molecule has 0 aromatic carbocycles. The van der Waals surface area contributed by atoms with E-state index in [9.17, 15) is 10.1 Å². The standard InChI is InChI=1S/C22H20N4O3S/c1-13-14(2)16(11-23)22(24-15(13)3)30-12-21(27)26-18(20-7-5-9-29-20)10-17(25-26)19-6-4-8-28-19/h4-9,18H,10,12H2,1-3H3. The van der Waals surface area contributed by atoms with E-state index in [1.165, 1.54) is 16.8 Å². The average molecular weight is 420 g/mol. The van der Waals surface area contributed by atoms with Crippen molar-refractivity contribution in [3.8, 4) is 6.07 Å². The van der Waals surface area contributed by atoms with E-state index in [0.717, 1.165) is 16.8 Å². The first kappa shape index (κ1) is 20.0. The van der Waals surface area contributed by atoms with Crippen LogP contribution in [0.25, 0.3) is 0 Å². The second-order valence-electron chi connectivity index (χ2n) is 7.03. The number of pyridine rings is 1. The van der Waals surface area contributed by atoms with Crippen LogP contribution in [-0.2, 0) is 4.79 Å². The highest BCUT2D eigenvalue weighted by atomic mass is 32.2. The van der Waals surface area contributed by atoms with E-state index in [1.807, 2.05) is 32.9 Å². The third-order valence-corrected chi connectivity index (χ3v) is 6.21. The summed E-state index contributed by atoms with van der Waals surface area (Å²) >= 11 is 1.25. The van der Waals surface area contributed by atoms with Crippen LogP contribution in [0.1, 0.15) is 46.4 Å². The maximum absolute atomic E-state index is 13.1. The quantitative estimate of drug-likeness (QED) is 0.563. The number of rotatable bonds is 5. The first-order valence-corrected chi connectivity index (χ1v) is 10.5. The molecule has 0 N–H and O–H groups in total. The molecule has 0 fully saturated rings. The van der Waals surface area contributed by atoms with Crippen LogP contribution in [0.2, 0.25) is 0 Å². The molecule has 0 spiro atoms. The third kappa shape index (κ3) is 3.64. The van der Waals surface area contributed by atoms with Crippen molar-refractivity contribution in [1.29, 1.82) is 5.26 Å². The number of carbonyl (C=O) groups excluding carboxylic acids is 1. The molecule has 0 bridgehead atoms. The Balaban J connectivity index is 1.58. The lowest BCUT2D eigenvalue weighted by molar-refractivity contribution is -0.130. The Bertz CT molecular complexity index is 1140. The van der Waals surface area contributed by atoms with Gasteiger partial charge >= 0.3 is 0 Å².